The fourth-order valence-electron chi connectivity index (χ4n) is 2.02. The zero-order chi connectivity index (χ0) is 17.4. The molecule has 2 aromatic rings. The van der Waals surface area contributed by atoms with Crippen molar-refractivity contribution in [1.29, 1.82) is 0 Å². The molecule has 0 radical (unpaired) electrons. The lowest BCUT2D eigenvalue weighted by Gasteiger charge is -2.12. The number of hydrogen-bond acceptors (Lipinski definition) is 5. The van der Waals surface area contributed by atoms with Gasteiger partial charge in [0, 0.05) is 25.9 Å². The highest BCUT2D eigenvalue weighted by Crippen LogP contribution is 2.15. The van der Waals surface area contributed by atoms with E-state index < -0.39 is 0 Å². The summed E-state index contributed by atoms with van der Waals surface area (Å²) in [6, 6.07) is 6.87. The monoisotopic (exact) mass is 333 g/mol. The van der Waals surface area contributed by atoms with Gasteiger partial charge in [-0.25, -0.2) is 9.78 Å². The van der Waals surface area contributed by atoms with E-state index in [9.17, 15) is 4.79 Å². The number of amides is 2. The highest BCUT2D eigenvalue weighted by Gasteiger charge is 2.12. The molecular weight excluding hydrogens is 310 g/mol. The third-order valence-corrected chi connectivity index (χ3v) is 3.32. The molecule has 2 heterocycles. The molecule has 2 amide bonds. The van der Waals surface area contributed by atoms with Crippen molar-refractivity contribution in [3.63, 3.8) is 0 Å². The van der Waals surface area contributed by atoms with Crippen LogP contribution in [0.4, 0.5) is 4.79 Å². The number of aryl methyl sites for hydroxylation is 1. The number of urea groups is 1. The van der Waals surface area contributed by atoms with Crippen LogP contribution in [0.25, 0.3) is 0 Å². The normalized spacial score (nSPS) is 11.8. The number of aromatic nitrogens is 1. The number of rotatable bonds is 8. The van der Waals surface area contributed by atoms with Crippen LogP contribution in [0.2, 0.25) is 0 Å². The Labute approximate surface area is 141 Å². The number of pyridine rings is 1. The second-order valence-corrected chi connectivity index (χ2v) is 5.34. The van der Waals surface area contributed by atoms with Gasteiger partial charge in [0.05, 0.1) is 12.6 Å². The van der Waals surface area contributed by atoms with Gasteiger partial charge in [-0.2, -0.15) is 0 Å². The van der Waals surface area contributed by atoms with Crippen LogP contribution >= 0.6 is 0 Å². The molecule has 0 fully saturated rings. The van der Waals surface area contributed by atoms with E-state index in [0.29, 0.717) is 25.6 Å². The minimum absolute atomic E-state index is 0.201. The summed E-state index contributed by atoms with van der Waals surface area (Å²) in [6.07, 6.45) is 1.67. The van der Waals surface area contributed by atoms with E-state index in [1.54, 1.807) is 19.4 Å². The van der Waals surface area contributed by atoms with Crippen molar-refractivity contribution in [3.05, 3.63) is 47.5 Å². The van der Waals surface area contributed by atoms with E-state index in [1.807, 2.05) is 32.0 Å². The first-order valence-corrected chi connectivity index (χ1v) is 7.76. The molecule has 0 aliphatic carbocycles. The summed E-state index contributed by atoms with van der Waals surface area (Å²) in [6.45, 7) is 5.07. The number of carbonyl (C=O) groups excluding carboxylic acids is 1. The van der Waals surface area contributed by atoms with Gasteiger partial charge < -0.3 is 24.5 Å². The zero-order valence-corrected chi connectivity index (χ0v) is 14.2. The summed E-state index contributed by atoms with van der Waals surface area (Å²) in [4.78, 5) is 16.1. The lowest BCUT2D eigenvalue weighted by atomic mass is 10.2. The van der Waals surface area contributed by atoms with E-state index in [1.165, 1.54) is 0 Å². The van der Waals surface area contributed by atoms with Gasteiger partial charge in [0.15, 0.2) is 0 Å². The Kier molecular flexibility index (Phi) is 6.62. The summed E-state index contributed by atoms with van der Waals surface area (Å²) < 4.78 is 15.8. The topological polar surface area (TPSA) is 85.6 Å². The lowest BCUT2D eigenvalue weighted by molar-refractivity contribution is 0.143. The van der Waals surface area contributed by atoms with E-state index in [4.69, 9.17) is 13.9 Å². The van der Waals surface area contributed by atoms with E-state index in [0.717, 1.165) is 17.1 Å². The van der Waals surface area contributed by atoms with Crippen LogP contribution in [0.5, 0.6) is 5.88 Å². The van der Waals surface area contributed by atoms with E-state index >= 15 is 0 Å². The second-order valence-electron chi connectivity index (χ2n) is 5.34. The first kappa shape index (κ1) is 17.8. The van der Waals surface area contributed by atoms with Gasteiger partial charge in [-0.3, -0.25) is 0 Å². The molecule has 24 heavy (non-hydrogen) atoms. The van der Waals surface area contributed by atoms with Crippen LogP contribution in [-0.2, 0) is 11.3 Å². The largest absolute Gasteiger partial charge is 0.475 e. The Bertz CT molecular complexity index is 640. The number of nitrogens with zero attached hydrogens (tertiary/aromatic N) is 1. The van der Waals surface area contributed by atoms with Crippen LogP contribution in [0.15, 0.2) is 34.9 Å². The SMILES string of the molecule is COCCOc1ccc(CNC(=O)NC(C)c2ccc(C)o2)cn1. The molecule has 0 aliphatic heterocycles. The molecule has 2 rings (SSSR count). The molecule has 0 spiro atoms. The average Bonchev–Trinajstić information content (AvgIpc) is 3.01. The highest BCUT2D eigenvalue weighted by molar-refractivity contribution is 5.74. The van der Waals surface area contributed by atoms with Crippen LogP contribution in [-0.4, -0.2) is 31.3 Å². The first-order valence-electron chi connectivity index (χ1n) is 7.76. The number of furan rings is 1. The van der Waals surface area contributed by atoms with Gasteiger partial charge in [0.25, 0.3) is 0 Å². The highest BCUT2D eigenvalue weighted by atomic mass is 16.5. The fraction of sp³-hybridized carbons (Fsp3) is 0.412. The Morgan fingerprint density at radius 3 is 2.75 bits per heavy atom. The smallest absolute Gasteiger partial charge is 0.315 e. The van der Waals surface area contributed by atoms with Crippen LogP contribution in [0.1, 0.15) is 30.0 Å². The van der Waals surface area contributed by atoms with E-state index in [2.05, 4.69) is 15.6 Å². The van der Waals surface area contributed by atoms with Crippen LogP contribution in [0, 0.1) is 6.92 Å². The third-order valence-electron chi connectivity index (χ3n) is 3.32. The third kappa shape index (κ3) is 5.58. The molecule has 2 N–H and O–H groups in total. The molecule has 0 bridgehead atoms. The number of ether oxygens (including phenoxy) is 2. The standard InChI is InChI=1S/C17H23N3O4/c1-12-4-6-15(24-12)13(2)20-17(21)19-11-14-5-7-16(18-10-14)23-9-8-22-3/h4-7,10,13H,8-9,11H2,1-3H3,(H2,19,20,21). The van der Waals surface area contributed by atoms with E-state index in [-0.39, 0.29) is 12.1 Å². The van der Waals surface area contributed by atoms with Gasteiger partial charge in [0.1, 0.15) is 18.1 Å². The van der Waals surface area contributed by atoms with Gasteiger partial charge in [-0.1, -0.05) is 6.07 Å². The molecular formula is C17H23N3O4. The predicted octanol–water partition coefficient (Wildman–Crippen LogP) is 2.57. The molecule has 0 aliphatic rings. The quantitative estimate of drug-likeness (QED) is 0.725. The first-order chi connectivity index (χ1) is 11.6. The number of methoxy groups -OCH3 is 1. The minimum atomic E-state index is -0.267. The van der Waals surface area contributed by atoms with Crippen molar-refractivity contribution >= 4 is 6.03 Å². The Hall–Kier alpha value is -2.54. The summed E-state index contributed by atoms with van der Waals surface area (Å²) in [5.41, 5.74) is 0.880. The maximum Gasteiger partial charge on any atom is 0.315 e. The maximum absolute atomic E-state index is 11.9. The van der Waals surface area contributed by atoms with Crippen molar-refractivity contribution < 1.29 is 18.7 Å². The van der Waals surface area contributed by atoms with Gasteiger partial charge >= 0.3 is 6.03 Å². The van der Waals surface area contributed by atoms with Crippen molar-refractivity contribution in [1.82, 2.24) is 15.6 Å². The van der Waals surface area contributed by atoms with Gasteiger partial charge in [-0.15, -0.1) is 0 Å². The zero-order valence-electron chi connectivity index (χ0n) is 14.2. The summed E-state index contributed by atoms with van der Waals surface area (Å²) in [7, 11) is 1.62. The number of hydrogen-bond donors (Lipinski definition) is 2. The average molecular weight is 333 g/mol. The molecule has 1 atom stereocenters. The lowest BCUT2D eigenvalue weighted by Crippen LogP contribution is -2.36. The molecule has 0 saturated heterocycles. The fourth-order valence-corrected chi connectivity index (χ4v) is 2.02. The van der Waals surface area contributed by atoms with Gasteiger partial charge in [-0.05, 0) is 31.5 Å². The van der Waals surface area contributed by atoms with Crippen LogP contribution in [0.3, 0.4) is 0 Å². The summed E-state index contributed by atoms with van der Waals surface area (Å²) >= 11 is 0. The molecule has 7 heteroatoms. The number of carbonyl (C=O) groups is 1. The Balaban J connectivity index is 1.75. The van der Waals surface area contributed by atoms with Crippen molar-refractivity contribution in [3.8, 4) is 5.88 Å². The van der Waals surface area contributed by atoms with Crippen LogP contribution < -0.4 is 15.4 Å². The molecule has 0 saturated carbocycles. The summed E-state index contributed by atoms with van der Waals surface area (Å²) in [5.74, 6) is 2.07. The van der Waals surface area contributed by atoms with Crippen molar-refractivity contribution in [2.45, 2.75) is 26.4 Å². The van der Waals surface area contributed by atoms with Gasteiger partial charge in [0.2, 0.25) is 5.88 Å². The van der Waals surface area contributed by atoms with Crippen molar-refractivity contribution in [2.75, 3.05) is 20.3 Å². The number of nitrogens with one attached hydrogen (secondary N) is 2. The molecule has 7 nitrogen and oxygen atoms in total. The Morgan fingerprint density at radius 1 is 1.29 bits per heavy atom. The maximum atomic E-state index is 11.9. The Morgan fingerprint density at radius 2 is 2.12 bits per heavy atom. The molecule has 2 aromatic heterocycles. The molecule has 1 unspecified atom stereocenters. The minimum Gasteiger partial charge on any atom is -0.475 e. The second kappa shape index (κ2) is 8.93. The molecule has 130 valence electrons. The summed E-state index contributed by atoms with van der Waals surface area (Å²) in [5, 5.41) is 5.61. The predicted molar refractivity (Wildman–Crippen MR) is 88.8 cm³/mol. The van der Waals surface area contributed by atoms with Crippen molar-refractivity contribution in [2.24, 2.45) is 0 Å². The molecule has 0 aromatic carbocycles.